The monoisotopic (exact) mass is 497 g/mol. The molecule has 0 bridgehead atoms. The van der Waals surface area contributed by atoms with Gasteiger partial charge in [0.05, 0.1) is 25.8 Å². The summed E-state index contributed by atoms with van der Waals surface area (Å²) in [7, 11) is 1.64. The molecule has 4 rings (SSSR count). The number of hydrogen-bond acceptors (Lipinski definition) is 8. The minimum Gasteiger partial charge on any atom is -0.486 e. The first-order valence-electron chi connectivity index (χ1n) is 11.8. The van der Waals surface area contributed by atoms with E-state index in [1.54, 1.807) is 37.1 Å². The molecule has 0 saturated carbocycles. The van der Waals surface area contributed by atoms with E-state index < -0.39 is 18.0 Å². The van der Waals surface area contributed by atoms with E-state index in [1.807, 2.05) is 24.3 Å². The Hall–Kier alpha value is -3.83. The molecule has 2 aromatic carbocycles. The molecule has 4 amide bonds. The highest BCUT2D eigenvalue weighted by molar-refractivity contribution is 6.03. The van der Waals surface area contributed by atoms with Gasteiger partial charge in [0, 0.05) is 36.2 Å². The lowest BCUT2D eigenvalue weighted by molar-refractivity contribution is -0.125. The Morgan fingerprint density at radius 2 is 1.58 bits per heavy atom. The average molecular weight is 498 g/mol. The van der Waals surface area contributed by atoms with Crippen molar-refractivity contribution in [1.29, 1.82) is 0 Å². The van der Waals surface area contributed by atoms with Crippen LogP contribution in [0.2, 0.25) is 0 Å². The molecule has 2 heterocycles. The van der Waals surface area contributed by atoms with Gasteiger partial charge in [-0.05, 0) is 50.4 Å². The molecule has 0 aromatic heterocycles. The quantitative estimate of drug-likeness (QED) is 0.531. The Balaban J connectivity index is 1.22. The fourth-order valence-corrected chi connectivity index (χ4v) is 3.84. The van der Waals surface area contributed by atoms with E-state index in [9.17, 15) is 14.4 Å². The van der Waals surface area contributed by atoms with Crippen molar-refractivity contribution in [2.75, 3.05) is 68.6 Å². The summed E-state index contributed by atoms with van der Waals surface area (Å²) in [6, 6.07) is 11.2. The number of carbonyl (C=O) groups is 3. The van der Waals surface area contributed by atoms with Crippen molar-refractivity contribution < 1.29 is 28.6 Å². The second kappa shape index (κ2) is 11.7. The third-order valence-corrected chi connectivity index (χ3v) is 6.00. The van der Waals surface area contributed by atoms with Crippen molar-refractivity contribution in [1.82, 2.24) is 10.2 Å². The van der Waals surface area contributed by atoms with E-state index in [1.165, 1.54) is 0 Å². The molecule has 3 N–H and O–H groups in total. The number of rotatable bonds is 7. The van der Waals surface area contributed by atoms with Gasteiger partial charge in [0.2, 0.25) is 11.8 Å². The van der Waals surface area contributed by atoms with Crippen LogP contribution in [0, 0.1) is 0 Å². The highest BCUT2D eigenvalue weighted by Crippen LogP contribution is 2.32. The van der Waals surface area contributed by atoms with Crippen LogP contribution in [0.4, 0.5) is 21.9 Å². The minimum absolute atomic E-state index is 0.0242. The normalized spacial score (nSPS) is 15.7. The van der Waals surface area contributed by atoms with E-state index in [0.29, 0.717) is 49.3 Å². The number of benzene rings is 2. The van der Waals surface area contributed by atoms with Crippen LogP contribution < -0.4 is 30.3 Å². The molecule has 0 radical (unpaired) electrons. The number of morpholine rings is 1. The summed E-state index contributed by atoms with van der Waals surface area (Å²) < 4.78 is 16.3. The molecule has 1 saturated heterocycles. The maximum Gasteiger partial charge on any atom is 0.325 e. The van der Waals surface area contributed by atoms with Gasteiger partial charge in [-0.25, -0.2) is 4.79 Å². The zero-order valence-corrected chi connectivity index (χ0v) is 20.4. The summed E-state index contributed by atoms with van der Waals surface area (Å²) in [6.45, 7) is 5.59. The molecule has 0 spiro atoms. The third-order valence-electron chi connectivity index (χ3n) is 6.00. The van der Waals surface area contributed by atoms with Crippen molar-refractivity contribution in [2.24, 2.45) is 0 Å². The Morgan fingerprint density at radius 1 is 0.917 bits per heavy atom. The number of likely N-dealkylation sites (N-methyl/N-ethyl adjacent to an activating group) is 1. The first-order valence-corrected chi connectivity index (χ1v) is 11.8. The highest BCUT2D eigenvalue weighted by atomic mass is 16.6. The van der Waals surface area contributed by atoms with Crippen molar-refractivity contribution in [2.45, 2.75) is 13.0 Å². The maximum absolute atomic E-state index is 12.5. The number of anilines is 3. The molecule has 192 valence electrons. The smallest absolute Gasteiger partial charge is 0.325 e. The molecule has 2 aliphatic heterocycles. The van der Waals surface area contributed by atoms with E-state index in [2.05, 4.69) is 20.9 Å². The Labute approximate surface area is 209 Å². The number of hydrogen-bond donors (Lipinski definition) is 3. The fourth-order valence-electron chi connectivity index (χ4n) is 3.84. The van der Waals surface area contributed by atoms with Crippen molar-refractivity contribution in [3.05, 3.63) is 42.5 Å². The van der Waals surface area contributed by atoms with Gasteiger partial charge in [0.1, 0.15) is 13.2 Å². The molecule has 11 heteroatoms. The number of nitrogens with one attached hydrogen (secondary N) is 3. The van der Waals surface area contributed by atoms with Gasteiger partial charge >= 0.3 is 6.03 Å². The van der Waals surface area contributed by atoms with Gasteiger partial charge in [0.15, 0.2) is 11.5 Å². The maximum atomic E-state index is 12.5. The molecular weight excluding hydrogens is 466 g/mol. The van der Waals surface area contributed by atoms with Crippen molar-refractivity contribution >= 4 is 34.9 Å². The van der Waals surface area contributed by atoms with Crippen LogP contribution in [-0.2, 0) is 14.3 Å². The predicted octanol–water partition coefficient (Wildman–Crippen LogP) is 1.90. The Kier molecular flexibility index (Phi) is 8.24. The Bertz CT molecular complexity index is 1090. The molecule has 11 nitrogen and oxygen atoms in total. The minimum atomic E-state index is -0.717. The van der Waals surface area contributed by atoms with E-state index in [-0.39, 0.29) is 12.5 Å². The van der Waals surface area contributed by atoms with Crippen LogP contribution in [0.15, 0.2) is 42.5 Å². The summed E-state index contributed by atoms with van der Waals surface area (Å²) in [5, 5.41) is 7.74. The predicted molar refractivity (Wildman–Crippen MR) is 135 cm³/mol. The first-order chi connectivity index (χ1) is 17.4. The number of imide groups is 1. The zero-order valence-electron chi connectivity index (χ0n) is 20.4. The lowest BCUT2D eigenvalue weighted by Crippen LogP contribution is -2.48. The van der Waals surface area contributed by atoms with Crippen molar-refractivity contribution in [3.8, 4) is 11.5 Å². The van der Waals surface area contributed by atoms with Gasteiger partial charge in [-0.15, -0.1) is 0 Å². The molecule has 1 fully saturated rings. The SMILES string of the molecule is CC(C(=O)NC(=O)Nc1ccc2c(c1)OCCO2)N(C)CC(=O)Nc1ccc(N2CCOCC2)cc1. The third kappa shape index (κ3) is 6.64. The number of fused-ring (bicyclic) bond motifs is 1. The fraction of sp³-hybridized carbons (Fsp3) is 0.400. The van der Waals surface area contributed by atoms with Gasteiger partial charge in [-0.3, -0.25) is 19.8 Å². The van der Waals surface area contributed by atoms with Gasteiger partial charge in [0.25, 0.3) is 0 Å². The first kappa shape index (κ1) is 25.3. The van der Waals surface area contributed by atoms with Gasteiger partial charge in [-0.2, -0.15) is 0 Å². The molecule has 2 aliphatic rings. The number of amides is 4. The van der Waals surface area contributed by atoms with Crippen molar-refractivity contribution in [3.63, 3.8) is 0 Å². The summed E-state index contributed by atoms with van der Waals surface area (Å²) in [5.74, 6) is 0.331. The van der Waals surface area contributed by atoms with Crippen LogP contribution in [0.3, 0.4) is 0 Å². The number of carbonyl (C=O) groups excluding carboxylic acids is 3. The molecule has 1 atom stereocenters. The van der Waals surface area contributed by atoms with Crippen LogP contribution in [0.1, 0.15) is 6.92 Å². The summed E-state index contributed by atoms with van der Waals surface area (Å²) in [5.41, 5.74) is 2.21. The summed E-state index contributed by atoms with van der Waals surface area (Å²) >= 11 is 0. The van der Waals surface area contributed by atoms with Crippen LogP contribution in [0.25, 0.3) is 0 Å². The van der Waals surface area contributed by atoms with Gasteiger partial charge < -0.3 is 29.7 Å². The Morgan fingerprint density at radius 3 is 2.31 bits per heavy atom. The average Bonchev–Trinajstić information content (AvgIpc) is 2.89. The topological polar surface area (TPSA) is 121 Å². The zero-order chi connectivity index (χ0) is 25.5. The van der Waals surface area contributed by atoms with Gasteiger partial charge in [-0.1, -0.05) is 0 Å². The summed E-state index contributed by atoms with van der Waals surface area (Å²) in [6.07, 6.45) is 0. The largest absolute Gasteiger partial charge is 0.486 e. The molecule has 2 aromatic rings. The number of nitrogens with zero attached hydrogens (tertiary/aromatic N) is 2. The van der Waals surface area contributed by atoms with E-state index in [4.69, 9.17) is 14.2 Å². The standard InChI is InChI=1S/C25H31N5O6/c1-17(24(32)28-25(33)27-19-5-8-21-22(15-19)36-14-13-35-21)29(2)16-23(31)26-18-3-6-20(7-4-18)30-9-11-34-12-10-30/h3-8,15,17H,9-14,16H2,1-2H3,(H,26,31)(H2,27,28,32,33). The van der Waals surface area contributed by atoms with E-state index in [0.717, 1.165) is 18.8 Å². The molecule has 36 heavy (non-hydrogen) atoms. The van der Waals surface area contributed by atoms with Crippen LogP contribution >= 0.6 is 0 Å². The van der Waals surface area contributed by atoms with E-state index >= 15 is 0 Å². The lowest BCUT2D eigenvalue weighted by Gasteiger charge is -2.29. The molecular formula is C25H31N5O6. The summed E-state index contributed by atoms with van der Waals surface area (Å²) in [4.78, 5) is 41.1. The van der Waals surface area contributed by atoms with Crippen LogP contribution in [-0.4, -0.2) is 81.9 Å². The molecule has 0 aliphatic carbocycles. The number of ether oxygens (including phenoxy) is 3. The second-order valence-corrected chi connectivity index (χ2v) is 8.59. The highest BCUT2D eigenvalue weighted by Gasteiger charge is 2.22. The van der Waals surface area contributed by atoms with Crippen LogP contribution in [0.5, 0.6) is 11.5 Å². The second-order valence-electron chi connectivity index (χ2n) is 8.59. The molecule has 1 unspecified atom stereocenters. The lowest BCUT2D eigenvalue weighted by atomic mass is 10.2. The number of urea groups is 1.